The van der Waals surface area contributed by atoms with Crippen molar-refractivity contribution in [2.24, 2.45) is 0 Å². The topological polar surface area (TPSA) is 78.9 Å². The van der Waals surface area contributed by atoms with Crippen LogP contribution in [0.25, 0.3) is 0 Å². The molecule has 0 aliphatic rings. The van der Waals surface area contributed by atoms with Crippen molar-refractivity contribution < 1.29 is 28.6 Å². The number of carbonyl (C=O) groups excluding carboxylic acids is 3. The zero-order chi connectivity index (χ0) is 41.5. The number of rotatable bonds is 38. The van der Waals surface area contributed by atoms with Crippen LogP contribution in [0.15, 0.2) is 109 Å². The van der Waals surface area contributed by atoms with Crippen LogP contribution in [0, 0.1) is 0 Å². The first-order chi connectivity index (χ1) is 28.0. The largest absolute Gasteiger partial charge is 0.462 e. The summed E-state index contributed by atoms with van der Waals surface area (Å²) >= 11 is 0. The Bertz CT molecular complexity index is 1230. The van der Waals surface area contributed by atoms with Gasteiger partial charge in [0.15, 0.2) is 6.10 Å². The van der Waals surface area contributed by atoms with Crippen LogP contribution in [-0.2, 0) is 28.6 Å². The molecular formula is C51H80O6. The van der Waals surface area contributed by atoms with Crippen LogP contribution in [0.5, 0.6) is 0 Å². The summed E-state index contributed by atoms with van der Waals surface area (Å²) in [6, 6.07) is 0. The van der Waals surface area contributed by atoms with Crippen LogP contribution >= 0.6 is 0 Å². The normalized spacial score (nSPS) is 13.1. The molecular weight excluding hydrogens is 709 g/mol. The van der Waals surface area contributed by atoms with Gasteiger partial charge in [0.05, 0.1) is 0 Å². The molecule has 0 aliphatic carbocycles. The van der Waals surface area contributed by atoms with E-state index in [1.54, 1.807) is 0 Å². The highest BCUT2D eigenvalue weighted by Crippen LogP contribution is 2.12. The van der Waals surface area contributed by atoms with Crippen LogP contribution in [-0.4, -0.2) is 37.2 Å². The predicted molar refractivity (Wildman–Crippen MR) is 242 cm³/mol. The van der Waals surface area contributed by atoms with Crippen molar-refractivity contribution in [2.75, 3.05) is 13.2 Å². The highest BCUT2D eigenvalue weighted by Gasteiger charge is 2.19. The van der Waals surface area contributed by atoms with E-state index in [0.717, 1.165) is 103 Å². The van der Waals surface area contributed by atoms with Crippen molar-refractivity contribution >= 4 is 17.9 Å². The minimum absolute atomic E-state index is 0.111. The van der Waals surface area contributed by atoms with Gasteiger partial charge in [-0.2, -0.15) is 0 Å². The summed E-state index contributed by atoms with van der Waals surface area (Å²) in [5.74, 6) is -1.01. The second-order valence-electron chi connectivity index (χ2n) is 14.3. The third-order valence-electron chi connectivity index (χ3n) is 8.88. The maximum absolute atomic E-state index is 12.7. The van der Waals surface area contributed by atoms with E-state index >= 15 is 0 Å². The fourth-order valence-corrected chi connectivity index (χ4v) is 5.58. The average Bonchev–Trinajstić information content (AvgIpc) is 3.21. The van der Waals surface area contributed by atoms with Gasteiger partial charge in [-0.1, -0.05) is 182 Å². The number of hydrogen-bond donors (Lipinski definition) is 0. The molecule has 0 fully saturated rings. The zero-order valence-electron chi connectivity index (χ0n) is 36.3. The molecule has 57 heavy (non-hydrogen) atoms. The number of allylic oxidation sites excluding steroid dienone is 18. The van der Waals surface area contributed by atoms with Crippen LogP contribution in [0.4, 0.5) is 0 Å². The van der Waals surface area contributed by atoms with E-state index in [4.69, 9.17) is 14.2 Å². The van der Waals surface area contributed by atoms with Crippen LogP contribution in [0.1, 0.15) is 175 Å². The van der Waals surface area contributed by atoms with Crippen molar-refractivity contribution in [2.45, 2.75) is 181 Å². The zero-order valence-corrected chi connectivity index (χ0v) is 36.3. The van der Waals surface area contributed by atoms with Gasteiger partial charge in [0.2, 0.25) is 0 Å². The molecule has 0 saturated carbocycles. The molecule has 0 aromatic rings. The number of unbranched alkanes of at least 4 members (excludes halogenated alkanes) is 13. The highest BCUT2D eigenvalue weighted by molar-refractivity contribution is 5.71. The molecule has 0 aromatic carbocycles. The first-order valence-corrected chi connectivity index (χ1v) is 22.5. The smallest absolute Gasteiger partial charge is 0.306 e. The minimum atomic E-state index is -0.814. The van der Waals surface area contributed by atoms with Gasteiger partial charge in [0, 0.05) is 19.3 Å². The van der Waals surface area contributed by atoms with Gasteiger partial charge in [-0.05, 0) is 83.5 Å². The molecule has 0 bridgehead atoms. The van der Waals surface area contributed by atoms with Crippen molar-refractivity contribution in [1.29, 1.82) is 0 Å². The van der Waals surface area contributed by atoms with E-state index in [-0.39, 0.29) is 44.0 Å². The third kappa shape index (κ3) is 43.0. The molecule has 6 nitrogen and oxygen atoms in total. The van der Waals surface area contributed by atoms with E-state index in [2.05, 4.69) is 124 Å². The summed E-state index contributed by atoms with van der Waals surface area (Å²) in [4.78, 5) is 37.7. The maximum atomic E-state index is 12.7. The quantitative estimate of drug-likeness (QED) is 0.0204. The van der Waals surface area contributed by atoms with Crippen LogP contribution in [0.3, 0.4) is 0 Å². The Morgan fingerprint density at radius 2 is 0.737 bits per heavy atom. The third-order valence-corrected chi connectivity index (χ3v) is 8.88. The van der Waals surface area contributed by atoms with Gasteiger partial charge in [-0.15, -0.1) is 0 Å². The Hall–Kier alpha value is -3.93. The molecule has 0 saturated heterocycles. The molecule has 0 aliphatic heterocycles. The Morgan fingerprint density at radius 3 is 1.23 bits per heavy atom. The monoisotopic (exact) mass is 789 g/mol. The Kier molecular flexibility index (Phi) is 41.7. The Labute approximate surface area is 349 Å². The summed E-state index contributed by atoms with van der Waals surface area (Å²) in [6.07, 6.45) is 59.4. The molecule has 0 radical (unpaired) electrons. The number of esters is 3. The molecule has 1 atom stereocenters. The predicted octanol–water partition coefficient (Wildman–Crippen LogP) is 14.4. The second kappa shape index (κ2) is 44.8. The number of carbonyl (C=O) groups is 3. The van der Waals surface area contributed by atoms with Gasteiger partial charge in [0.25, 0.3) is 0 Å². The molecule has 0 aromatic heterocycles. The van der Waals surface area contributed by atoms with Gasteiger partial charge in [-0.3, -0.25) is 14.4 Å². The fourth-order valence-electron chi connectivity index (χ4n) is 5.58. The number of ether oxygens (including phenoxy) is 3. The second-order valence-corrected chi connectivity index (χ2v) is 14.3. The van der Waals surface area contributed by atoms with Crippen molar-refractivity contribution in [3.05, 3.63) is 109 Å². The molecule has 1 unspecified atom stereocenters. The standard InChI is InChI=1S/C51H80O6/c1-4-7-10-13-16-19-22-24-25-27-29-32-35-38-41-44-50(53)56-47-48(46-55-49(52)43-40-37-34-31-28-21-18-15-12-9-6-3)57-51(54)45-42-39-36-33-30-26-23-20-17-14-11-8-5-2/h7-14,16-23,31,34,48H,4-6,15,24-30,32-33,35-47H2,1-3H3/b10-7-,11-8-,12-9-,16-13-,17-14-,21-18-,22-19-,23-20-,34-31-. The maximum Gasteiger partial charge on any atom is 0.306 e. The molecule has 320 valence electrons. The van der Waals surface area contributed by atoms with E-state index in [9.17, 15) is 14.4 Å². The first kappa shape index (κ1) is 53.1. The van der Waals surface area contributed by atoms with Crippen molar-refractivity contribution in [3.63, 3.8) is 0 Å². The summed E-state index contributed by atoms with van der Waals surface area (Å²) in [7, 11) is 0. The van der Waals surface area contributed by atoms with E-state index in [1.165, 1.54) is 25.7 Å². The Balaban J connectivity index is 4.51. The Morgan fingerprint density at radius 1 is 0.368 bits per heavy atom. The first-order valence-electron chi connectivity index (χ1n) is 22.5. The molecule has 6 heteroatoms. The van der Waals surface area contributed by atoms with E-state index < -0.39 is 6.10 Å². The van der Waals surface area contributed by atoms with E-state index in [0.29, 0.717) is 12.8 Å². The molecule has 0 heterocycles. The van der Waals surface area contributed by atoms with Crippen LogP contribution < -0.4 is 0 Å². The summed E-state index contributed by atoms with van der Waals surface area (Å²) < 4.78 is 16.6. The summed E-state index contributed by atoms with van der Waals surface area (Å²) in [5.41, 5.74) is 0. The molecule has 0 amide bonds. The molecule has 0 rings (SSSR count). The lowest BCUT2D eigenvalue weighted by Crippen LogP contribution is -2.30. The minimum Gasteiger partial charge on any atom is -0.462 e. The average molecular weight is 789 g/mol. The van der Waals surface area contributed by atoms with Crippen molar-refractivity contribution in [3.8, 4) is 0 Å². The molecule has 0 N–H and O–H groups in total. The number of hydrogen-bond acceptors (Lipinski definition) is 6. The highest BCUT2D eigenvalue weighted by atomic mass is 16.6. The summed E-state index contributed by atoms with van der Waals surface area (Å²) in [6.45, 7) is 6.14. The van der Waals surface area contributed by atoms with Crippen molar-refractivity contribution in [1.82, 2.24) is 0 Å². The van der Waals surface area contributed by atoms with Gasteiger partial charge in [0.1, 0.15) is 13.2 Å². The lowest BCUT2D eigenvalue weighted by molar-refractivity contribution is -0.167. The fraction of sp³-hybridized carbons (Fsp3) is 0.588. The van der Waals surface area contributed by atoms with Gasteiger partial charge in [-0.25, -0.2) is 0 Å². The van der Waals surface area contributed by atoms with Gasteiger partial charge >= 0.3 is 17.9 Å². The van der Waals surface area contributed by atoms with E-state index in [1.807, 2.05) is 6.08 Å². The SMILES string of the molecule is CC\C=C/C=C\C=C/CCCCCCCCCC(=O)OCC(COC(=O)CCC/C=C\C/C=C\C/C=C\CC)OC(=O)CCCCCCC\C=C/C=C\C=C/CC. The lowest BCUT2D eigenvalue weighted by atomic mass is 10.1. The lowest BCUT2D eigenvalue weighted by Gasteiger charge is -2.18. The molecule has 0 spiro atoms. The van der Waals surface area contributed by atoms with Gasteiger partial charge < -0.3 is 14.2 Å². The van der Waals surface area contributed by atoms with Crippen LogP contribution in [0.2, 0.25) is 0 Å². The summed E-state index contributed by atoms with van der Waals surface area (Å²) in [5, 5.41) is 0.